The summed E-state index contributed by atoms with van der Waals surface area (Å²) in [6.07, 6.45) is 0. The molecule has 158 valence electrons. The van der Waals surface area contributed by atoms with Crippen molar-refractivity contribution in [2.45, 2.75) is 40.3 Å². The number of tetrazole rings is 1. The van der Waals surface area contributed by atoms with Crippen LogP contribution in [0.4, 0.5) is 5.69 Å². The van der Waals surface area contributed by atoms with Crippen LogP contribution in [0.5, 0.6) is 0 Å². The average Bonchev–Trinajstić information content (AvgIpc) is 3.18. The Bertz CT molecular complexity index is 957. The monoisotopic (exact) mass is 405 g/mol. The van der Waals surface area contributed by atoms with Crippen molar-refractivity contribution in [2.24, 2.45) is 5.92 Å². The van der Waals surface area contributed by atoms with E-state index < -0.39 is 0 Å². The molecule has 1 saturated heterocycles. The lowest BCUT2D eigenvalue weighted by atomic mass is 10.00. The molecule has 0 aliphatic carbocycles. The average molecular weight is 406 g/mol. The van der Waals surface area contributed by atoms with Gasteiger partial charge in [-0.25, -0.2) is 4.68 Å². The van der Waals surface area contributed by atoms with Crippen LogP contribution in [0.3, 0.4) is 0 Å². The molecule has 0 unspecified atom stereocenters. The van der Waals surface area contributed by atoms with Gasteiger partial charge in [0.05, 0.1) is 32.7 Å². The Morgan fingerprint density at radius 2 is 1.73 bits per heavy atom. The minimum atomic E-state index is 0.296. The van der Waals surface area contributed by atoms with E-state index in [-0.39, 0.29) is 0 Å². The fraction of sp³-hybridized carbons (Fsp3) is 0.458. The molecule has 30 heavy (non-hydrogen) atoms. The van der Waals surface area contributed by atoms with Crippen LogP contribution in [0.15, 0.2) is 48.5 Å². The summed E-state index contributed by atoms with van der Waals surface area (Å²) in [6, 6.07) is 17.5. The van der Waals surface area contributed by atoms with E-state index in [1.807, 2.05) is 10.7 Å². The summed E-state index contributed by atoms with van der Waals surface area (Å²) in [5, 5.41) is 12.8. The molecule has 0 saturated carbocycles. The second-order valence-electron chi connectivity index (χ2n) is 8.84. The maximum Gasteiger partial charge on any atom is 0.209 e. The van der Waals surface area contributed by atoms with Gasteiger partial charge in [-0.2, -0.15) is 0 Å². The normalized spacial score (nSPS) is 16.2. The second kappa shape index (κ2) is 8.96. The fourth-order valence-electron chi connectivity index (χ4n) is 4.66. The van der Waals surface area contributed by atoms with E-state index >= 15 is 0 Å². The van der Waals surface area contributed by atoms with Gasteiger partial charge in [0.2, 0.25) is 5.82 Å². The zero-order chi connectivity index (χ0) is 21.1. The van der Waals surface area contributed by atoms with Crippen LogP contribution in [0.2, 0.25) is 0 Å². The maximum atomic E-state index is 4.48. The molecular weight excluding hydrogens is 372 g/mol. The van der Waals surface area contributed by atoms with Gasteiger partial charge >= 0.3 is 0 Å². The molecule has 2 aromatic carbocycles. The van der Waals surface area contributed by atoms with E-state index in [1.54, 1.807) is 4.90 Å². The number of aromatic nitrogens is 4. The predicted octanol–water partition coefficient (Wildman–Crippen LogP) is 2.44. The Labute approximate surface area is 179 Å². The van der Waals surface area contributed by atoms with Crippen LogP contribution in [0.1, 0.15) is 42.4 Å². The van der Waals surface area contributed by atoms with Gasteiger partial charge in [-0.15, -0.1) is 5.10 Å². The van der Waals surface area contributed by atoms with E-state index in [0.717, 1.165) is 32.0 Å². The van der Waals surface area contributed by atoms with Crippen LogP contribution in [0, 0.1) is 19.8 Å². The number of quaternary nitrogens is 1. The first-order valence-electron chi connectivity index (χ1n) is 11.0. The van der Waals surface area contributed by atoms with Crippen molar-refractivity contribution >= 4 is 5.69 Å². The van der Waals surface area contributed by atoms with Crippen molar-refractivity contribution in [3.8, 4) is 0 Å². The maximum absolute atomic E-state index is 4.48. The largest absolute Gasteiger partial charge is 0.360 e. The third kappa shape index (κ3) is 4.38. The molecule has 6 nitrogen and oxygen atoms in total. The number of hydrogen-bond donors (Lipinski definition) is 1. The lowest BCUT2D eigenvalue weighted by Crippen LogP contribution is -3.15. The van der Waals surface area contributed by atoms with Gasteiger partial charge in [-0.05, 0) is 47.0 Å². The quantitative estimate of drug-likeness (QED) is 0.684. The summed E-state index contributed by atoms with van der Waals surface area (Å²) in [5.41, 5.74) is 5.29. The summed E-state index contributed by atoms with van der Waals surface area (Å²) >= 11 is 0. The molecule has 1 fully saturated rings. The summed E-state index contributed by atoms with van der Waals surface area (Å²) in [5.74, 6) is 1.47. The molecule has 0 radical (unpaired) electrons. The molecule has 1 aliphatic rings. The van der Waals surface area contributed by atoms with Crippen LogP contribution in [0.25, 0.3) is 0 Å². The van der Waals surface area contributed by atoms with Gasteiger partial charge in [0.25, 0.3) is 0 Å². The zero-order valence-corrected chi connectivity index (χ0v) is 18.5. The fourth-order valence-corrected chi connectivity index (χ4v) is 4.66. The summed E-state index contributed by atoms with van der Waals surface area (Å²) < 4.78 is 1.99. The van der Waals surface area contributed by atoms with Gasteiger partial charge in [0.15, 0.2) is 6.04 Å². The minimum absolute atomic E-state index is 0.296. The van der Waals surface area contributed by atoms with Crippen LogP contribution < -0.4 is 9.80 Å². The van der Waals surface area contributed by atoms with Crippen LogP contribution in [-0.4, -0.2) is 46.4 Å². The van der Waals surface area contributed by atoms with Crippen molar-refractivity contribution in [3.63, 3.8) is 0 Å². The number of piperazine rings is 1. The molecule has 3 aromatic rings. The summed E-state index contributed by atoms with van der Waals surface area (Å²) in [6.45, 7) is 14.0. The number of hydrogen-bond acceptors (Lipinski definition) is 4. The predicted molar refractivity (Wildman–Crippen MR) is 120 cm³/mol. The van der Waals surface area contributed by atoms with Crippen LogP contribution >= 0.6 is 0 Å². The molecule has 1 aromatic heterocycles. The van der Waals surface area contributed by atoms with Crippen molar-refractivity contribution in [1.29, 1.82) is 0 Å². The van der Waals surface area contributed by atoms with Gasteiger partial charge in [-0.1, -0.05) is 56.3 Å². The van der Waals surface area contributed by atoms with E-state index in [1.165, 1.54) is 22.4 Å². The molecule has 1 N–H and O–H groups in total. The SMILES string of the molecule is Cc1ccc(C)c(N2CC[NH+]([C@H](c3nnnn3Cc3ccccc3)C(C)C)CC2)c1. The number of nitrogens with one attached hydrogen (secondary N) is 1. The number of aryl methyl sites for hydroxylation is 2. The first-order valence-corrected chi connectivity index (χ1v) is 11.0. The highest BCUT2D eigenvalue weighted by Gasteiger charge is 2.35. The molecule has 4 rings (SSSR count). The highest BCUT2D eigenvalue weighted by molar-refractivity contribution is 5.55. The molecule has 0 amide bonds. The highest BCUT2D eigenvalue weighted by atomic mass is 15.6. The smallest absolute Gasteiger partial charge is 0.209 e. The Balaban J connectivity index is 1.50. The number of nitrogens with zero attached hydrogens (tertiary/aromatic N) is 5. The molecular formula is C24H33N6+. The van der Waals surface area contributed by atoms with E-state index in [4.69, 9.17) is 0 Å². The van der Waals surface area contributed by atoms with Crippen LogP contribution in [-0.2, 0) is 6.54 Å². The second-order valence-corrected chi connectivity index (χ2v) is 8.84. The summed E-state index contributed by atoms with van der Waals surface area (Å²) in [7, 11) is 0. The van der Waals surface area contributed by atoms with E-state index in [9.17, 15) is 0 Å². The van der Waals surface area contributed by atoms with Gasteiger partial charge in [-0.3, -0.25) is 0 Å². The zero-order valence-electron chi connectivity index (χ0n) is 18.5. The Morgan fingerprint density at radius 1 is 1.00 bits per heavy atom. The minimum Gasteiger partial charge on any atom is -0.360 e. The van der Waals surface area contributed by atoms with Crippen molar-refractivity contribution in [1.82, 2.24) is 20.2 Å². The summed E-state index contributed by atoms with van der Waals surface area (Å²) in [4.78, 5) is 4.12. The molecule has 1 atom stereocenters. The lowest BCUT2D eigenvalue weighted by Gasteiger charge is -2.39. The highest BCUT2D eigenvalue weighted by Crippen LogP contribution is 2.22. The standard InChI is InChI=1S/C24H32N6/c1-18(2)23(24-25-26-27-30(24)17-21-8-6-5-7-9-21)29-14-12-28(13-15-29)22-16-19(3)10-11-20(22)4/h5-11,16,18,23H,12-15,17H2,1-4H3/p+1/t23-/m0/s1. The lowest BCUT2D eigenvalue weighted by molar-refractivity contribution is -0.937. The Kier molecular flexibility index (Phi) is 6.13. The third-order valence-electron chi connectivity index (χ3n) is 6.23. The third-order valence-corrected chi connectivity index (χ3v) is 6.23. The van der Waals surface area contributed by atoms with Crippen molar-refractivity contribution in [3.05, 3.63) is 71.0 Å². The van der Waals surface area contributed by atoms with Gasteiger partial charge in [0.1, 0.15) is 0 Å². The molecule has 1 aliphatic heterocycles. The first kappa shape index (κ1) is 20.5. The Morgan fingerprint density at radius 3 is 2.43 bits per heavy atom. The van der Waals surface area contributed by atoms with E-state index in [2.05, 4.69) is 90.6 Å². The van der Waals surface area contributed by atoms with Crippen molar-refractivity contribution < 1.29 is 4.90 Å². The van der Waals surface area contributed by atoms with E-state index in [0.29, 0.717) is 18.5 Å². The molecule has 6 heteroatoms. The number of benzene rings is 2. The number of anilines is 1. The number of rotatable bonds is 6. The van der Waals surface area contributed by atoms with Crippen molar-refractivity contribution in [2.75, 3.05) is 31.1 Å². The first-order chi connectivity index (χ1) is 14.5. The topological polar surface area (TPSA) is 51.3 Å². The van der Waals surface area contributed by atoms with Gasteiger partial charge in [0, 0.05) is 11.6 Å². The van der Waals surface area contributed by atoms with Gasteiger partial charge < -0.3 is 9.80 Å². The molecule has 0 spiro atoms. The molecule has 0 bridgehead atoms. The molecule has 2 heterocycles. The Hall–Kier alpha value is -2.73.